The Hall–Kier alpha value is -1.36. The third-order valence-electron chi connectivity index (χ3n) is 2.75. The van der Waals surface area contributed by atoms with Crippen molar-refractivity contribution in [3.05, 3.63) is 62.6 Å². The van der Waals surface area contributed by atoms with Crippen LogP contribution in [0, 0.1) is 14.9 Å². The number of rotatable bonds is 3. The molecule has 0 atom stereocenters. The minimum atomic E-state index is 0.648. The van der Waals surface area contributed by atoms with Crippen LogP contribution in [0.25, 0.3) is 16.3 Å². The van der Waals surface area contributed by atoms with Gasteiger partial charge in [0.25, 0.3) is 0 Å². The lowest BCUT2D eigenvalue weighted by Gasteiger charge is -1.96. The van der Waals surface area contributed by atoms with Crippen molar-refractivity contribution in [1.82, 2.24) is 4.98 Å². The standard InChI is InChI=1S/C16H9IN2S2/c17-12-7-5-11(6-8-12)9-13(10-18)20-16-19-14-3-1-2-4-15(14)21-16/h1-9H/b13-9+. The summed E-state index contributed by atoms with van der Waals surface area (Å²) in [5, 5.41) is 9.31. The molecule has 1 heterocycles. The molecule has 0 aliphatic carbocycles. The van der Waals surface area contributed by atoms with Crippen LogP contribution >= 0.6 is 45.7 Å². The summed E-state index contributed by atoms with van der Waals surface area (Å²) < 4.78 is 3.23. The molecule has 21 heavy (non-hydrogen) atoms. The highest BCUT2D eigenvalue weighted by molar-refractivity contribution is 14.1. The third kappa shape index (κ3) is 3.64. The van der Waals surface area contributed by atoms with E-state index in [1.54, 1.807) is 11.3 Å². The monoisotopic (exact) mass is 420 g/mol. The summed E-state index contributed by atoms with van der Waals surface area (Å²) in [5.74, 6) is 0. The van der Waals surface area contributed by atoms with E-state index in [2.05, 4.69) is 33.6 Å². The van der Waals surface area contributed by atoms with Crippen LogP contribution in [0.2, 0.25) is 0 Å². The van der Waals surface area contributed by atoms with E-state index in [1.165, 1.54) is 15.3 Å². The van der Waals surface area contributed by atoms with E-state index >= 15 is 0 Å². The highest BCUT2D eigenvalue weighted by atomic mass is 127. The molecule has 2 aromatic carbocycles. The minimum Gasteiger partial charge on any atom is -0.229 e. The molecule has 0 aliphatic heterocycles. The van der Waals surface area contributed by atoms with Crippen LogP contribution in [0.1, 0.15) is 5.56 Å². The molecule has 0 saturated heterocycles. The Labute approximate surface area is 144 Å². The quantitative estimate of drug-likeness (QED) is 0.316. The van der Waals surface area contributed by atoms with Crippen molar-refractivity contribution in [2.24, 2.45) is 0 Å². The summed E-state index contributed by atoms with van der Waals surface area (Å²) in [6, 6.07) is 18.3. The number of hydrogen-bond donors (Lipinski definition) is 0. The number of hydrogen-bond acceptors (Lipinski definition) is 4. The molecular formula is C16H9IN2S2. The van der Waals surface area contributed by atoms with Gasteiger partial charge in [-0.2, -0.15) is 5.26 Å². The summed E-state index contributed by atoms with van der Waals surface area (Å²) in [6.07, 6.45) is 1.90. The molecule has 0 aliphatic rings. The lowest BCUT2D eigenvalue weighted by atomic mass is 10.2. The van der Waals surface area contributed by atoms with Crippen LogP contribution in [0.4, 0.5) is 0 Å². The van der Waals surface area contributed by atoms with Crippen LogP contribution in [0.15, 0.2) is 57.8 Å². The van der Waals surface area contributed by atoms with Gasteiger partial charge in [0.1, 0.15) is 6.07 Å². The Kier molecular flexibility index (Phi) is 4.58. The predicted octanol–water partition coefficient (Wildman–Crippen LogP) is 5.56. The normalized spacial score (nSPS) is 11.5. The largest absolute Gasteiger partial charge is 0.229 e. The number of halogens is 1. The molecule has 2 nitrogen and oxygen atoms in total. The second kappa shape index (κ2) is 6.60. The van der Waals surface area contributed by atoms with E-state index in [9.17, 15) is 5.26 Å². The number of nitriles is 1. The molecule has 3 rings (SSSR count). The van der Waals surface area contributed by atoms with Crippen LogP contribution in [0.5, 0.6) is 0 Å². The highest BCUT2D eigenvalue weighted by Gasteiger charge is 2.07. The van der Waals surface area contributed by atoms with Crippen LogP contribution < -0.4 is 0 Å². The van der Waals surface area contributed by atoms with E-state index in [0.717, 1.165) is 20.1 Å². The number of aromatic nitrogens is 1. The molecule has 0 radical (unpaired) electrons. The number of thiazole rings is 1. The number of fused-ring (bicyclic) bond motifs is 1. The summed E-state index contributed by atoms with van der Waals surface area (Å²) in [7, 11) is 0. The molecule has 1 aromatic heterocycles. The molecule has 0 spiro atoms. The first-order chi connectivity index (χ1) is 10.2. The average Bonchev–Trinajstić information content (AvgIpc) is 2.91. The van der Waals surface area contributed by atoms with Gasteiger partial charge in [-0.05, 0) is 70.3 Å². The van der Waals surface area contributed by atoms with Crippen molar-refractivity contribution in [2.75, 3.05) is 0 Å². The van der Waals surface area contributed by atoms with Crippen molar-refractivity contribution in [1.29, 1.82) is 5.26 Å². The lowest BCUT2D eigenvalue weighted by Crippen LogP contribution is -1.77. The predicted molar refractivity (Wildman–Crippen MR) is 98.2 cm³/mol. The summed E-state index contributed by atoms with van der Waals surface area (Å²) >= 11 is 5.30. The van der Waals surface area contributed by atoms with Gasteiger partial charge in [0.2, 0.25) is 0 Å². The average molecular weight is 420 g/mol. The Morgan fingerprint density at radius 1 is 1.19 bits per heavy atom. The van der Waals surface area contributed by atoms with Crippen molar-refractivity contribution >= 4 is 62.0 Å². The topological polar surface area (TPSA) is 36.7 Å². The molecule has 0 N–H and O–H groups in total. The molecule has 0 fully saturated rings. The molecule has 0 amide bonds. The maximum atomic E-state index is 9.31. The van der Waals surface area contributed by atoms with Crippen LogP contribution in [-0.2, 0) is 0 Å². The fourth-order valence-electron chi connectivity index (χ4n) is 1.78. The first kappa shape index (κ1) is 14.6. The maximum absolute atomic E-state index is 9.31. The van der Waals surface area contributed by atoms with Gasteiger partial charge in [-0.25, -0.2) is 4.98 Å². The molecule has 0 saturated carbocycles. The number of para-hydroxylation sites is 1. The maximum Gasteiger partial charge on any atom is 0.156 e. The molecule has 3 aromatic rings. The van der Waals surface area contributed by atoms with Crippen molar-refractivity contribution in [3.63, 3.8) is 0 Å². The van der Waals surface area contributed by atoms with Gasteiger partial charge in [0, 0.05) is 3.57 Å². The van der Waals surface area contributed by atoms with Gasteiger partial charge in [-0.1, -0.05) is 24.3 Å². The van der Waals surface area contributed by atoms with Gasteiger partial charge < -0.3 is 0 Å². The Morgan fingerprint density at radius 3 is 2.67 bits per heavy atom. The Balaban J connectivity index is 1.87. The molecule has 5 heteroatoms. The second-order valence-corrected chi connectivity index (χ2v) is 7.79. The summed E-state index contributed by atoms with van der Waals surface area (Å²) in [4.78, 5) is 5.19. The Bertz CT molecular complexity index is 812. The van der Waals surface area contributed by atoms with Gasteiger partial charge in [0.05, 0.1) is 15.1 Å². The molecular weight excluding hydrogens is 411 g/mol. The van der Waals surface area contributed by atoms with Gasteiger partial charge >= 0.3 is 0 Å². The number of allylic oxidation sites excluding steroid dienone is 1. The lowest BCUT2D eigenvalue weighted by molar-refractivity contribution is 1.31. The van der Waals surface area contributed by atoms with Gasteiger partial charge in [-0.3, -0.25) is 0 Å². The zero-order valence-corrected chi connectivity index (χ0v) is 14.6. The fraction of sp³-hybridized carbons (Fsp3) is 0. The van der Waals surface area contributed by atoms with Crippen LogP contribution in [-0.4, -0.2) is 4.98 Å². The van der Waals surface area contributed by atoms with Crippen molar-refractivity contribution < 1.29 is 0 Å². The smallest absolute Gasteiger partial charge is 0.156 e. The van der Waals surface area contributed by atoms with E-state index in [4.69, 9.17) is 0 Å². The number of thioether (sulfide) groups is 1. The number of nitrogens with zero attached hydrogens (tertiary/aromatic N) is 2. The minimum absolute atomic E-state index is 0.648. The van der Waals surface area contributed by atoms with E-state index in [1.807, 2.05) is 54.6 Å². The summed E-state index contributed by atoms with van der Waals surface area (Å²) in [5.41, 5.74) is 2.01. The molecule has 0 bridgehead atoms. The first-order valence-electron chi connectivity index (χ1n) is 6.15. The zero-order valence-electron chi connectivity index (χ0n) is 10.8. The van der Waals surface area contributed by atoms with Crippen molar-refractivity contribution in [2.45, 2.75) is 4.34 Å². The SMILES string of the molecule is N#C/C(=C\c1ccc(I)cc1)Sc1nc2ccccc2s1. The van der Waals surface area contributed by atoms with Crippen molar-refractivity contribution in [3.8, 4) is 6.07 Å². The fourth-order valence-corrected chi connectivity index (χ4v) is 4.12. The van der Waals surface area contributed by atoms with Gasteiger partial charge in [-0.15, -0.1) is 11.3 Å². The van der Waals surface area contributed by atoms with Crippen LogP contribution in [0.3, 0.4) is 0 Å². The number of benzene rings is 2. The summed E-state index contributed by atoms with van der Waals surface area (Å²) in [6.45, 7) is 0. The van der Waals surface area contributed by atoms with Gasteiger partial charge in [0.15, 0.2) is 4.34 Å². The van der Waals surface area contributed by atoms with E-state index < -0.39 is 0 Å². The molecule has 0 unspecified atom stereocenters. The van der Waals surface area contributed by atoms with E-state index in [0.29, 0.717) is 4.91 Å². The van der Waals surface area contributed by atoms with E-state index in [-0.39, 0.29) is 0 Å². The second-order valence-electron chi connectivity index (χ2n) is 4.22. The first-order valence-corrected chi connectivity index (χ1v) is 8.86. The Morgan fingerprint density at radius 2 is 1.95 bits per heavy atom. The highest BCUT2D eigenvalue weighted by Crippen LogP contribution is 2.34. The third-order valence-corrected chi connectivity index (χ3v) is 5.49. The zero-order chi connectivity index (χ0) is 14.7. The molecule has 102 valence electrons.